The Balaban J connectivity index is 2.61. The van der Waals surface area contributed by atoms with E-state index in [0.29, 0.717) is 6.54 Å². The van der Waals surface area contributed by atoms with E-state index in [4.69, 9.17) is 4.74 Å². The first-order chi connectivity index (χ1) is 8.19. The van der Waals surface area contributed by atoms with Crippen LogP contribution in [0.15, 0.2) is 35.9 Å². The number of rotatable bonds is 5. The van der Waals surface area contributed by atoms with Gasteiger partial charge in [-0.3, -0.25) is 4.79 Å². The van der Waals surface area contributed by atoms with Gasteiger partial charge >= 0.3 is 0 Å². The largest absolute Gasteiger partial charge is 0.496 e. The summed E-state index contributed by atoms with van der Waals surface area (Å²) >= 11 is 0. The first-order valence-electron chi connectivity index (χ1n) is 5.75. The molecular weight excluding hydrogens is 214 g/mol. The lowest BCUT2D eigenvalue weighted by atomic mass is 10.2. The molecule has 0 radical (unpaired) electrons. The molecule has 3 nitrogen and oxygen atoms in total. The first kappa shape index (κ1) is 13.3. The Kier molecular flexibility index (Phi) is 5.27. The van der Waals surface area contributed by atoms with E-state index in [1.54, 1.807) is 7.11 Å². The molecule has 0 bridgehead atoms. The van der Waals surface area contributed by atoms with Crippen LogP contribution in [0, 0.1) is 0 Å². The SMILES string of the molecule is CC/C=C(/C)C(=O)NCc1ccccc1OC. The Morgan fingerprint density at radius 2 is 2.12 bits per heavy atom. The maximum Gasteiger partial charge on any atom is 0.246 e. The van der Waals surface area contributed by atoms with E-state index in [-0.39, 0.29) is 5.91 Å². The van der Waals surface area contributed by atoms with E-state index < -0.39 is 0 Å². The van der Waals surface area contributed by atoms with Gasteiger partial charge in [0.25, 0.3) is 0 Å². The molecule has 0 saturated heterocycles. The van der Waals surface area contributed by atoms with Gasteiger partial charge in [0.1, 0.15) is 5.75 Å². The van der Waals surface area contributed by atoms with Crippen LogP contribution in [-0.4, -0.2) is 13.0 Å². The molecule has 0 aromatic heterocycles. The van der Waals surface area contributed by atoms with Crippen molar-refractivity contribution in [3.05, 3.63) is 41.5 Å². The number of carbonyl (C=O) groups excluding carboxylic acids is 1. The van der Waals surface area contributed by atoms with Crippen molar-refractivity contribution in [3.63, 3.8) is 0 Å². The van der Waals surface area contributed by atoms with Crippen molar-refractivity contribution in [3.8, 4) is 5.75 Å². The standard InChI is InChI=1S/C14H19NO2/c1-4-7-11(2)14(16)15-10-12-8-5-6-9-13(12)17-3/h5-9H,4,10H2,1-3H3,(H,15,16)/b11-7-. The summed E-state index contributed by atoms with van der Waals surface area (Å²) in [5.74, 6) is 0.766. The number of methoxy groups -OCH3 is 1. The fourth-order valence-corrected chi connectivity index (χ4v) is 1.56. The van der Waals surface area contributed by atoms with Gasteiger partial charge in [-0.25, -0.2) is 0 Å². The molecule has 0 spiro atoms. The number of carbonyl (C=O) groups is 1. The second-order valence-electron chi connectivity index (χ2n) is 3.79. The van der Waals surface area contributed by atoms with Gasteiger partial charge in [-0.2, -0.15) is 0 Å². The molecule has 1 amide bonds. The molecule has 92 valence electrons. The smallest absolute Gasteiger partial charge is 0.246 e. The number of hydrogen-bond donors (Lipinski definition) is 1. The van der Waals surface area contributed by atoms with E-state index in [2.05, 4.69) is 5.32 Å². The molecule has 0 aliphatic carbocycles. The zero-order valence-corrected chi connectivity index (χ0v) is 10.6. The van der Waals surface area contributed by atoms with Gasteiger partial charge < -0.3 is 10.1 Å². The second-order valence-corrected chi connectivity index (χ2v) is 3.79. The Morgan fingerprint density at radius 3 is 2.76 bits per heavy atom. The predicted molar refractivity (Wildman–Crippen MR) is 68.9 cm³/mol. The van der Waals surface area contributed by atoms with E-state index in [0.717, 1.165) is 23.3 Å². The average molecular weight is 233 g/mol. The lowest BCUT2D eigenvalue weighted by Gasteiger charge is -2.09. The summed E-state index contributed by atoms with van der Waals surface area (Å²) in [4.78, 5) is 11.7. The van der Waals surface area contributed by atoms with E-state index in [9.17, 15) is 4.79 Å². The van der Waals surface area contributed by atoms with Crippen molar-refractivity contribution < 1.29 is 9.53 Å². The maximum atomic E-state index is 11.7. The highest BCUT2D eigenvalue weighted by atomic mass is 16.5. The molecule has 0 heterocycles. The third kappa shape index (κ3) is 3.94. The summed E-state index contributed by atoms with van der Waals surface area (Å²) in [6.45, 7) is 4.32. The van der Waals surface area contributed by atoms with Crippen LogP contribution in [0.1, 0.15) is 25.8 Å². The Hall–Kier alpha value is -1.77. The molecule has 0 aliphatic heterocycles. The van der Waals surface area contributed by atoms with Gasteiger partial charge in [0.2, 0.25) is 5.91 Å². The maximum absolute atomic E-state index is 11.7. The summed E-state index contributed by atoms with van der Waals surface area (Å²) in [5, 5.41) is 2.87. The van der Waals surface area contributed by atoms with Gasteiger partial charge in [-0.1, -0.05) is 31.2 Å². The van der Waals surface area contributed by atoms with E-state index in [1.807, 2.05) is 44.2 Å². The van der Waals surface area contributed by atoms with E-state index in [1.165, 1.54) is 0 Å². The van der Waals surface area contributed by atoms with Crippen molar-refractivity contribution in [2.24, 2.45) is 0 Å². The lowest BCUT2D eigenvalue weighted by molar-refractivity contribution is -0.117. The minimum atomic E-state index is -0.0299. The van der Waals surface area contributed by atoms with Gasteiger partial charge in [0, 0.05) is 17.7 Å². The van der Waals surface area contributed by atoms with Crippen molar-refractivity contribution in [1.29, 1.82) is 0 Å². The number of hydrogen-bond acceptors (Lipinski definition) is 2. The molecule has 0 aliphatic rings. The topological polar surface area (TPSA) is 38.3 Å². The summed E-state index contributed by atoms with van der Waals surface area (Å²) in [5.41, 5.74) is 1.73. The highest BCUT2D eigenvalue weighted by Gasteiger charge is 2.05. The zero-order chi connectivity index (χ0) is 12.7. The van der Waals surface area contributed by atoms with Crippen molar-refractivity contribution in [2.75, 3.05) is 7.11 Å². The van der Waals surface area contributed by atoms with Gasteiger partial charge in [-0.05, 0) is 19.4 Å². The van der Waals surface area contributed by atoms with Crippen LogP contribution in [0.25, 0.3) is 0 Å². The predicted octanol–water partition coefficient (Wildman–Crippen LogP) is 2.67. The van der Waals surface area contributed by atoms with Crippen LogP contribution in [-0.2, 0) is 11.3 Å². The van der Waals surface area contributed by atoms with Crippen LogP contribution in [0.2, 0.25) is 0 Å². The molecular formula is C14H19NO2. The Bertz CT molecular complexity index is 410. The van der Waals surface area contributed by atoms with E-state index >= 15 is 0 Å². The lowest BCUT2D eigenvalue weighted by Crippen LogP contribution is -2.23. The molecule has 1 N–H and O–H groups in total. The van der Waals surface area contributed by atoms with Crippen LogP contribution < -0.4 is 10.1 Å². The second kappa shape index (κ2) is 6.74. The quantitative estimate of drug-likeness (QED) is 0.794. The third-order valence-electron chi connectivity index (χ3n) is 2.50. The molecule has 3 heteroatoms. The van der Waals surface area contributed by atoms with Gasteiger partial charge in [0.15, 0.2) is 0 Å². The minimum Gasteiger partial charge on any atom is -0.496 e. The van der Waals surface area contributed by atoms with Crippen LogP contribution in [0.4, 0.5) is 0 Å². The summed E-state index contributed by atoms with van der Waals surface area (Å²) in [6.07, 6.45) is 2.78. The number of amides is 1. The molecule has 1 aromatic rings. The summed E-state index contributed by atoms with van der Waals surface area (Å²) in [6, 6.07) is 7.67. The molecule has 1 rings (SSSR count). The molecule has 0 saturated carbocycles. The normalized spacial score (nSPS) is 11.1. The van der Waals surface area contributed by atoms with Crippen molar-refractivity contribution in [1.82, 2.24) is 5.32 Å². The fraction of sp³-hybridized carbons (Fsp3) is 0.357. The number of benzene rings is 1. The number of para-hydroxylation sites is 1. The third-order valence-corrected chi connectivity index (χ3v) is 2.50. The summed E-state index contributed by atoms with van der Waals surface area (Å²) in [7, 11) is 1.63. The van der Waals surface area contributed by atoms with Crippen LogP contribution >= 0.6 is 0 Å². The highest BCUT2D eigenvalue weighted by Crippen LogP contribution is 2.16. The van der Waals surface area contributed by atoms with Crippen molar-refractivity contribution in [2.45, 2.75) is 26.8 Å². The molecule has 1 aromatic carbocycles. The van der Waals surface area contributed by atoms with Crippen molar-refractivity contribution >= 4 is 5.91 Å². The molecule has 0 fully saturated rings. The van der Waals surface area contributed by atoms with Crippen LogP contribution in [0.3, 0.4) is 0 Å². The van der Waals surface area contributed by atoms with Crippen LogP contribution in [0.5, 0.6) is 5.75 Å². The molecule has 0 atom stereocenters. The number of ether oxygens (including phenoxy) is 1. The molecule has 17 heavy (non-hydrogen) atoms. The highest BCUT2D eigenvalue weighted by molar-refractivity contribution is 5.92. The first-order valence-corrected chi connectivity index (χ1v) is 5.75. The fourth-order valence-electron chi connectivity index (χ4n) is 1.56. The number of allylic oxidation sites excluding steroid dienone is 1. The minimum absolute atomic E-state index is 0.0299. The molecule has 0 unspecified atom stereocenters. The number of nitrogens with one attached hydrogen (secondary N) is 1. The Morgan fingerprint density at radius 1 is 1.41 bits per heavy atom. The Labute approximate surface area is 102 Å². The zero-order valence-electron chi connectivity index (χ0n) is 10.6. The van der Waals surface area contributed by atoms with Gasteiger partial charge in [0.05, 0.1) is 7.11 Å². The summed E-state index contributed by atoms with van der Waals surface area (Å²) < 4.78 is 5.22. The van der Waals surface area contributed by atoms with Gasteiger partial charge in [-0.15, -0.1) is 0 Å². The monoisotopic (exact) mass is 233 g/mol. The average Bonchev–Trinajstić information content (AvgIpc) is 2.36.